The van der Waals surface area contributed by atoms with E-state index in [0.29, 0.717) is 11.3 Å². The van der Waals surface area contributed by atoms with Crippen LogP contribution in [-0.4, -0.2) is 28.9 Å². The smallest absolute Gasteiger partial charge is 0.271 e. The molecule has 0 saturated carbocycles. The number of hydrogen-bond donors (Lipinski definition) is 1. The summed E-state index contributed by atoms with van der Waals surface area (Å²) in [6.45, 7) is 0. The van der Waals surface area contributed by atoms with Crippen LogP contribution in [0.4, 0.5) is 5.69 Å². The second kappa shape index (κ2) is 9.04. The van der Waals surface area contributed by atoms with Crippen LogP contribution in [0.3, 0.4) is 0 Å². The van der Waals surface area contributed by atoms with Crippen LogP contribution in [0.5, 0.6) is 0 Å². The molecule has 202 valence electrons. The fraction of sp³-hybridized carbons (Fsp3) is 0.114. The molecule has 4 aliphatic rings. The van der Waals surface area contributed by atoms with Crippen LogP contribution in [0.15, 0.2) is 121 Å². The van der Waals surface area contributed by atoms with Gasteiger partial charge in [-0.05, 0) is 45.8 Å². The van der Waals surface area contributed by atoms with E-state index in [4.69, 9.17) is 0 Å². The molecule has 4 aromatic carbocycles. The maximum absolute atomic E-state index is 14.7. The van der Waals surface area contributed by atoms with E-state index in [1.165, 1.54) is 4.90 Å². The second-order valence-corrected chi connectivity index (χ2v) is 11.0. The molecule has 1 aliphatic heterocycles. The summed E-state index contributed by atoms with van der Waals surface area (Å²) in [4.78, 5) is 47.4. The van der Waals surface area contributed by atoms with Gasteiger partial charge < -0.3 is 0 Å². The number of aromatic nitrogens is 1. The van der Waals surface area contributed by atoms with Crippen LogP contribution < -0.4 is 10.3 Å². The Labute approximate surface area is 241 Å². The first-order valence-electron chi connectivity index (χ1n) is 13.9. The number of nitrogens with one attached hydrogen (secondary N) is 1. The zero-order valence-electron chi connectivity index (χ0n) is 22.3. The molecule has 0 spiro atoms. The number of hydrogen-bond acceptors (Lipinski definition) is 5. The largest absolute Gasteiger partial charge is 0.274 e. The van der Waals surface area contributed by atoms with Gasteiger partial charge in [0, 0.05) is 35.5 Å². The summed E-state index contributed by atoms with van der Waals surface area (Å²) in [5.74, 6) is -2.50. The van der Waals surface area contributed by atoms with Crippen LogP contribution in [0.25, 0.3) is 10.8 Å². The van der Waals surface area contributed by atoms with Crippen molar-refractivity contribution in [2.45, 2.75) is 11.3 Å². The van der Waals surface area contributed by atoms with E-state index < -0.39 is 17.3 Å². The molecule has 3 aliphatic carbocycles. The van der Waals surface area contributed by atoms with Gasteiger partial charge in [-0.1, -0.05) is 84.9 Å². The number of carbonyl (C=O) groups excluding carboxylic acids is 3. The van der Waals surface area contributed by atoms with Gasteiger partial charge in [-0.2, -0.15) is 5.10 Å². The lowest BCUT2D eigenvalue weighted by Crippen LogP contribution is -2.54. The fourth-order valence-corrected chi connectivity index (χ4v) is 7.45. The number of fused-ring (bicyclic) bond motifs is 1. The maximum Gasteiger partial charge on any atom is 0.271 e. The lowest BCUT2D eigenvalue weighted by Gasteiger charge is -2.52. The van der Waals surface area contributed by atoms with Gasteiger partial charge in [0.1, 0.15) is 0 Å². The average molecular weight is 549 g/mol. The molecule has 42 heavy (non-hydrogen) atoms. The Morgan fingerprint density at radius 2 is 1.43 bits per heavy atom. The van der Waals surface area contributed by atoms with E-state index in [9.17, 15) is 14.4 Å². The first-order chi connectivity index (χ1) is 20.6. The molecule has 9 rings (SSSR count). The highest BCUT2D eigenvalue weighted by molar-refractivity contribution is 6.27. The molecule has 0 radical (unpaired) electrons. The SMILES string of the molecule is O=C(N/N=C\C12c3ccccc3C(c3ccccc31)[C@H]1C(=O)N(c3cccc4ccccc34)C(=O)[C@@H]12)c1ccncc1. The van der Waals surface area contributed by atoms with E-state index in [-0.39, 0.29) is 23.6 Å². The van der Waals surface area contributed by atoms with Gasteiger partial charge >= 0.3 is 0 Å². The minimum absolute atomic E-state index is 0.214. The zero-order valence-corrected chi connectivity index (χ0v) is 22.3. The molecule has 5 aromatic rings. The zero-order chi connectivity index (χ0) is 28.4. The van der Waals surface area contributed by atoms with Gasteiger partial charge in [0.05, 0.1) is 22.9 Å². The highest BCUT2D eigenvalue weighted by Gasteiger charge is 2.68. The normalized spacial score (nSPS) is 23.6. The summed E-state index contributed by atoms with van der Waals surface area (Å²) in [6, 6.07) is 32.7. The molecule has 3 amide bonds. The molecule has 1 N–H and O–H groups in total. The molecule has 2 bridgehead atoms. The Kier molecular flexibility index (Phi) is 5.25. The van der Waals surface area contributed by atoms with Crippen molar-refractivity contribution in [1.82, 2.24) is 10.4 Å². The summed E-state index contributed by atoms with van der Waals surface area (Å²) in [5.41, 5.74) is 6.45. The summed E-state index contributed by atoms with van der Waals surface area (Å²) in [6.07, 6.45) is 4.76. The quantitative estimate of drug-likeness (QED) is 0.190. The Morgan fingerprint density at radius 1 is 0.786 bits per heavy atom. The van der Waals surface area contributed by atoms with Gasteiger partial charge in [0.2, 0.25) is 11.8 Å². The Bertz CT molecular complexity index is 1920. The first-order valence-corrected chi connectivity index (χ1v) is 13.9. The number of amides is 3. The van der Waals surface area contributed by atoms with Gasteiger partial charge in [-0.15, -0.1) is 0 Å². The Hall–Kier alpha value is -5.43. The third-order valence-electron chi connectivity index (χ3n) is 9.07. The van der Waals surface area contributed by atoms with Crippen molar-refractivity contribution in [2.24, 2.45) is 16.9 Å². The number of pyridine rings is 1. The molecular weight excluding hydrogens is 524 g/mol. The monoisotopic (exact) mass is 548 g/mol. The molecule has 1 fully saturated rings. The summed E-state index contributed by atoms with van der Waals surface area (Å²) in [5, 5.41) is 6.27. The maximum atomic E-state index is 14.7. The van der Waals surface area contributed by atoms with E-state index in [2.05, 4.69) is 15.5 Å². The Balaban J connectivity index is 1.33. The summed E-state index contributed by atoms with van der Waals surface area (Å²) in [7, 11) is 0. The van der Waals surface area contributed by atoms with Crippen molar-refractivity contribution >= 4 is 40.4 Å². The third kappa shape index (κ3) is 3.19. The van der Waals surface area contributed by atoms with Crippen molar-refractivity contribution in [2.75, 3.05) is 4.90 Å². The van der Waals surface area contributed by atoms with Crippen LogP contribution in [0.2, 0.25) is 0 Å². The number of hydrazone groups is 1. The standard InChI is InChI=1S/C35H24N4O3/c40-32(22-16-18-36-19-17-22)38-37-20-35-26-13-5-3-11-24(26)29(25-12-4-6-14-27(25)35)30-31(35)34(42)39(33(30)41)28-15-7-9-21-8-1-2-10-23(21)28/h1-20,29-31H,(H,38,40)/b37-20-/t29?,30-,31-,35?/m1/s1. The summed E-state index contributed by atoms with van der Waals surface area (Å²) >= 11 is 0. The molecular formula is C35H24N4O3. The van der Waals surface area contributed by atoms with Gasteiger partial charge in [-0.3, -0.25) is 19.4 Å². The van der Waals surface area contributed by atoms with Crippen molar-refractivity contribution < 1.29 is 14.4 Å². The van der Waals surface area contributed by atoms with Crippen LogP contribution >= 0.6 is 0 Å². The van der Waals surface area contributed by atoms with Crippen molar-refractivity contribution in [3.63, 3.8) is 0 Å². The van der Waals surface area contributed by atoms with E-state index in [1.807, 2.05) is 91.0 Å². The molecule has 7 nitrogen and oxygen atoms in total. The third-order valence-corrected chi connectivity index (χ3v) is 9.07. The predicted molar refractivity (Wildman–Crippen MR) is 159 cm³/mol. The average Bonchev–Trinajstić information content (AvgIpc) is 3.31. The van der Waals surface area contributed by atoms with Crippen molar-refractivity contribution in [3.05, 3.63) is 143 Å². The number of carbonyl (C=O) groups is 3. The molecule has 2 atom stereocenters. The number of nitrogens with zero attached hydrogens (tertiary/aromatic N) is 3. The van der Waals surface area contributed by atoms with Gasteiger partial charge in [0.15, 0.2) is 0 Å². The lowest BCUT2D eigenvalue weighted by molar-refractivity contribution is -0.122. The number of rotatable bonds is 4. The fourth-order valence-electron chi connectivity index (χ4n) is 7.45. The highest BCUT2D eigenvalue weighted by Crippen LogP contribution is 2.63. The molecule has 1 saturated heterocycles. The summed E-state index contributed by atoms with van der Waals surface area (Å²) < 4.78 is 0. The number of benzene rings is 4. The minimum atomic E-state index is -1.07. The molecule has 2 heterocycles. The Morgan fingerprint density at radius 3 is 2.17 bits per heavy atom. The van der Waals surface area contributed by atoms with E-state index >= 15 is 0 Å². The molecule has 0 unspecified atom stereocenters. The van der Waals surface area contributed by atoms with Crippen LogP contribution in [0.1, 0.15) is 38.5 Å². The topological polar surface area (TPSA) is 91.7 Å². The van der Waals surface area contributed by atoms with Crippen molar-refractivity contribution in [3.8, 4) is 0 Å². The molecule has 7 heteroatoms. The van der Waals surface area contributed by atoms with Gasteiger partial charge in [0.25, 0.3) is 5.91 Å². The first kappa shape index (κ1) is 24.4. The van der Waals surface area contributed by atoms with E-state index in [1.54, 1.807) is 30.7 Å². The van der Waals surface area contributed by atoms with Crippen LogP contribution in [0, 0.1) is 11.8 Å². The second-order valence-electron chi connectivity index (χ2n) is 11.0. The number of imide groups is 1. The molecule has 1 aromatic heterocycles. The van der Waals surface area contributed by atoms with E-state index in [0.717, 1.165) is 33.0 Å². The number of anilines is 1. The minimum Gasteiger partial charge on any atom is -0.274 e. The van der Waals surface area contributed by atoms with Crippen LogP contribution in [-0.2, 0) is 15.0 Å². The lowest BCUT2D eigenvalue weighted by atomic mass is 9.47. The van der Waals surface area contributed by atoms with Crippen molar-refractivity contribution in [1.29, 1.82) is 0 Å². The predicted octanol–water partition coefficient (Wildman–Crippen LogP) is 5.20. The highest BCUT2D eigenvalue weighted by atomic mass is 16.2. The van der Waals surface area contributed by atoms with Gasteiger partial charge in [-0.25, -0.2) is 10.3 Å².